The Balaban J connectivity index is 2.53. The molecule has 0 aliphatic rings. The lowest BCUT2D eigenvalue weighted by molar-refractivity contribution is -0.698. The lowest BCUT2D eigenvalue weighted by atomic mass is 10.1. The van der Waals surface area contributed by atoms with Crippen molar-refractivity contribution >= 4 is 18.1 Å². The van der Waals surface area contributed by atoms with Crippen molar-refractivity contribution in [3.63, 3.8) is 0 Å². The number of hydrogen-bond donors (Lipinski definition) is 4. The number of carboxylic acids is 1. The van der Waals surface area contributed by atoms with E-state index < -0.39 is 12.0 Å². The summed E-state index contributed by atoms with van der Waals surface area (Å²) in [5.74, 6) is -1.07. The molecule has 8 heteroatoms. The standard InChI is InChI=1S/C13H20N6O2/c14-11(12(20)21)6-2-4-8-19-7-3-1-5-10(19)9-17-18-13(15)16/h1,3,5,7,9,11H,2,4,6,8,14H2,(H4,15,16,20,21)/p+1/t11-/m0/s1. The van der Waals surface area contributed by atoms with Gasteiger partial charge < -0.3 is 22.3 Å². The van der Waals surface area contributed by atoms with Gasteiger partial charge in [0, 0.05) is 18.6 Å². The van der Waals surface area contributed by atoms with Crippen LogP contribution in [-0.4, -0.2) is 29.3 Å². The van der Waals surface area contributed by atoms with Crippen molar-refractivity contribution in [2.75, 3.05) is 0 Å². The van der Waals surface area contributed by atoms with E-state index in [1.54, 1.807) is 6.21 Å². The Morgan fingerprint density at radius 1 is 1.38 bits per heavy atom. The molecule has 21 heavy (non-hydrogen) atoms. The van der Waals surface area contributed by atoms with Gasteiger partial charge >= 0.3 is 5.97 Å². The van der Waals surface area contributed by atoms with E-state index >= 15 is 0 Å². The number of unbranched alkanes of at least 4 members (excludes halogenated alkanes) is 1. The lowest BCUT2D eigenvalue weighted by Gasteiger charge is -2.05. The summed E-state index contributed by atoms with van der Waals surface area (Å²) in [7, 11) is 0. The zero-order chi connectivity index (χ0) is 15.7. The van der Waals surface area contributed by atoms with Crippen molar-refractivity contribution < 1.29 is 14.5 Å². The highest BCUT2D eigenvalue weighted by molar-refractivity contribution is 5.78. The topological polar surface area (TPSA) is 144 Å². The fraction of sp³-hybridized carbons (Fsp3) is 0.385. The molecule has 1 rings (SSSR count). The molecule has 0 saturated heterocycles. The average molecular weight is 293 g/mol. The summed E-state index contributed by atoms with van der Waals surface area (Å²) < 4.78 is 1.98. The fourth-order valence-corrected chi connectivity index (χ4v) is 1.73. The molecule has 8 nitrogen and oxygen atoms in total. The molecule has 0 saturated carbocycles. The Labute approximate surface area is 123 Å². The van der Waals surface area contributed by atoms with Crippen LogP contribution in [0.1, 0.15) is 25.0 Å². The van der Waals surface area contributed by atoms with E-state index in [-0.39, 0.29) is 5.96 Å². The molecule has 1 aromatic heterocycles. The predicted octanol–water partition coefficient (Wildman–Crippen LogP) is -0.836. The normalized spacial score (nSPS) is 12.2. The van der Waals surface area contributed by atoms with E-state index in [1.807, 2.05) is 29.0 Å². The molecule has 0 amide bonds. The SMILES string of the molecule is NC(N)=NN=Cc1cccc[n+]1CCCC[C@H](N)C(=O)O. The molecular formula is C13H21N6O2+. The van der Waals surface area contributed by atoms with Crippen LogP contribution >= 0.6 is 0 Å². The Morgan fingerprint density at radius 3 is 2.81 bits per heavy atom. The van der Waals surface area contributed by atoms with Gasteiger partial charge in [-0.15, -0.1) is 10.2 Å². The lowest BCUT2D eigenvalue weighted by Crippen LogP contribution is -2.38. The van der Waals surface area contributed by atoms with Crippen molar-refractivity contribution in [1.29, 1.82) is 0 Å². The summed E-state index contributed by atoms with van der Waals surface area (Å²) in [6, 6.07) is 4.87. The average Bonchev–Trinajstić information content (AvgIpc) is 2.44. The molecule has 0 aliphatic carbocycles. The van der Waals surface area contributed by atoms with Gasteiger partial charge in [0.1, 0.15) is 18.8 Å². The highest BCUT2D eigenvalue weighted by Gasteiger charge is 2.12. The summed E-state index contributed by atoms with van der Waals surface area (Å²) in [6.45, 7) is 0.732. The van der Waals surface area contributed by atoms with E-state index in [1.165, 1.54) is 0 Å². The molecule has 0 unspecified atom stereocenters. The minimum Gasteiger partial charge on any atom is -0.480 e. The number of hydrogen-bond acceptors (Lipinski definition) is 4. The first-order valence-electron chi connectivity index (χ1n) is 6.59. The molecule has 1 atom stereocenters. The van der Waals surface area contributed by atoms with Crippen molar-refractivity contribution in [2.24, 2.45) is 27.4 Å². The summed E-state index contributed by atoms with van der Waals surface area (Å²) in [5.41, 5.74) is 16.7. The third-order valence-electron chi connectivity index (χ3n) is 2.82. The number of aromatic nitrogens is 1. The predicted molar refractivity (Wildman–Crippen MR) is 79.5 cm³/mol. The van der Waals surface area contributed by atoms with Gasteiger partial charge in [-0.05, 0) is 18.9 Å². The molecule has 7 N–H and O–H groups in total. The maximum Gasteiger partial charge on any atom is 0.320 e. The Hall–Kier alpha value is -2.48. The van der Waals surface area contributed by atoms with E-state index in [0.29, 0.717) is 6.42 Å². The van der Waals surface area contributed by atoms with Gasteiger partial charge in [0.05, 0.1) is 0 Å². The number of carboxylic acid groups (broad SMARTS) is 1. The largest absolute Gasteiger partial charge is 0.480 e. The minimum atomic E-state index is -0.965. The number of pyridine rings is 1. The van der Waals surface area contributed by atoms with Crippen LogP contribution in [0.5, 0.6) is 0 Å². The second-order valence-corrected chi connectivity index (χ2v) is 4.53. The molecule has 1 heterocycles. The van der Waals surface area contributed by atoms with Crippen LogP contribution < -0.4 is 21.8 Å². The van der Waals surface area contributed by atoms with Crippen LogP contribution in [0.3, 0.4) is 0 Å². The molecule has 0 spiro atoms. The summed E-state index contributed by atoms with van der Waals surface area (Å²) in [5, 5.41) is 16.0. The molecule has 1 aromatic rings. The van der Waals surface area contributed by atoms with Crippen molar-refractivity contribution in [3.8, 4) is 0 Å². The number of nitrogens with two attached hydrogens (primary N) is 3. The third kappa shape index (κ3) is 6.48. The molecule has 0 aliphatic heterocycles. The second-order valence-electron chi connectivity index (χ2n) is 4.53. The van der Waals surface area contributed by atoms with Gasteiger partial charge in [-0.3, -0.25) is 4.79 Å². The Kier molecular flexibility index (Phi) is 6.82. The maximum atomic E-state index is 10.6. The van der Waals surface area contributed by atoms with Gasteiger partial charge in [-0.2, -0.15) is 4.57 Å². The molecule has 0 radical (unpaired) electrons. The number of guanidine groups is 1. The monoisotopic (exact) mass is 293 g/mol. The minimum absolute atomic E-state index is 0.101. The molecule has 0 aromatic carbocycles. The Morgan fingerprint density at radius 2 is 2.14 bits per heavy atom. The number of carbonyl (C=O) groups is 1. The quantitative estimate of drug-likeness (QED) is 0.162. The van der Waals surface area contributed by atoms with Crippen LogP contribution in [0.25, 0.3) is 0 Å². The van der Waals surface area contributed by atoms with Gasteiger partial charge in [0.15, 0.2) is 6.20 Å². The molecular weight excluding hydrogens is 272 g/mol. The summed E-state index contributed by atoms with van der Waals surface area (Å²) in [6.07, 6.45) is 5.48. The maximum absolute atomic E-state index is 10.6. The van der Waals surface area contributed by atoms with Crippen LogP contribution in [0.2, 0.25) is 0 Å². The molecule has 0 fully saturated rings. The van der Waals surface area contributed by atoms with Crippen molar-refractivity contribution in [2.45, 2.75) is 31.8 Å². The number of aliphatic carboxylic acids is 1. The van der Waals surface area contributed by atoms with Crippen LogP contribution in [0.15, 0.2) is 34.6 Å². The number of nitrogens with zero attached hydrogens (tertiary/aromatic N) is 3. The van der Waals surface area contributed by atoms with Crippen molar-refractivity contribution in [1.82, 2.24) is 0 Å². The summed E-state index contributed by atoms with van der Waals surface area (Å²) in [4.78, 5) is 10.6. The highest BCUT2D eigenvalue weighted by atomic mass is 16.4. The molecule has 0 bridgehead atoms. The summed E-state index contributed by atoms with van der Waals surface area (Å²) >= 11 is 0. The van der Waals surface area contributed by atoms with E-state index in [0.717, 1.165) is 25.1 Å². The van der Waals surface area contributed by atoms with Crippen LogP contribution in [0, 0.1) is 0 Å². The van der Waals surface area contributed by atoms with E-state index in [2.05, 4.69) is 10.2 Å². The third-order valence-corrected chi connectivity index (χ3v) is 2.82. The van der Waals surface area contributed by atoms with Crippen molar-refractivity contribution in [3.05, 3.63) is 30.1 Å². The van der Waals surface area contributed by atoms with E-state index in [4.69, 9.17) is 22.3 Å². The first kappa shape index (κ1) is 16.6. The van der Waals surface area contributed by atoms with Crippen LogP contribution in [-0.2, 0) is 11.3 Å². The van der Waals surface area contributed by atoms with Gasteiger partial charge in [0.2, 0.25) is 11.7 Å². The zero-order valence-corrected chi connectivity index (χ0v) is 11.7. The van der Waals surface area contributed by atoms with E-state index in [9.17, 15) is 4.79 Å². The van der Waals surface area contributed by atoms with Crippen LogP contribution in [0.4, 0.5) is 0 Å². The zero-order valence-electron chi connectivity index (χ0n) is 11.7. The number of aryl methyl sites for hydroxylation is 1. The Bertz CT molecular complexity index is 525. The van der Waals surface area contributed by atoms with Gasteiger partial charge in [0.25, 0.3) is 0 Å². The second kappa shape index (κ2) is 8.64. The molecule has 114 valence electrons. The first-order valence-corrected chi connectivity index (χ1v) is 6.59. The highest BCUT2D eigenvalue weighted by Crippen LogP contribution is 2.00. The smallest absolute Gasteiger partial charge is 0.320 e. The fourth-order valence-electron chi connectivity index (χ4n) is 1.73. The number of rotatable bonds is 8. The van der Waals surface area contributed by atoms with Gasteiger partial charge in [-0.25, -0.2) is 0 Å². The van der Waals surface area contributed by atoms with Gasteiger partial charge in [-0.1, -0.05) is 0 Å². The first-order chi connectivity index (χ1) is 10.0.